The first-order valence-electron chi connectivity index (χ1n) is 5.80. The number of esters is 1. The lowest BCUT2D eigenvalue weighted by Crippen LogP contribution is -2.17. The van der Waals surface area contributed by atoms with Gasteiger partial charge in [-0.1, -0.05) is 30.3 Å². The van der Waals surface area contributed by atoms with Crippen molar-refractivity contribution in [1.82, 2.24) is 5.32 Å². The van der Waals surface area contributed by atoms with Gasteiger partial charge in [-0.2, -0.15) is 0 Å². The van der Waals surface area contributed by atoms with Gasteiger partial charge in [0, 0.05) is 17.8 Å². The summed E-state index contributed by atoms with van der Waals surface area (Å²) in [7, 11) is 0. The molecule has 0 aliphatic heterocycles. The molecule has 0 spiro atoms. The van der Waals surface area contributed by atoms with Crippen LogP contribution in [0.25, 0.3) is 0 Å². The van der Waals surface area contributed by atoms with E-state index < -0.39 is 0 Å². The number of rotatable bonds is 5. The lowest BCUT2D eigenvalue weighted by molar-refractivity contribution is -0.137. The molecule has 0 amide bonds. The van der Waals surface area contributed by atoms with Gasteiger partial charge in [0.15, 0.2) is 0 Å². The van der Waals surface area contributed by atoms with Gasteiger partial charge >= 0.3 is 5.97 Å². The number of carbonyl (C=O) groups excluding carboxylic acids is 1. The van der Waals surface area contributed by atoms with Crippen LogP contribution in [0, 0.1) is 0 Å². The summed E-state index contributed by atoms with van der Waals surface area (Å²) in [5, 5.41) is 3.25. The van der Waals surface area contributed by atoms with Gasteiger partial charge in [-0.25, -0.2) is 4.79 Å². The Kier molecular flexibility index (Phi) is 5.27. The zero-order valence-electron chi connectivity index (χ0n) is 10.6. The second-order valence-corrected chi connectivity index (χ2v) is 3.86. The van der Waals surface area contributed by atoms with E-state index in [0.717, 1.165) is 5.70 Å². The minimum absolute atomic E-state index is 0.168. The number of allylic oxidation sites excluding steroid dienone is 1. The van der Waals surface area contributed by atoms with Gasteiger partial charge in [0.25, 0.3) is 0 Å². The molecule has 1 aromatic carbocycles. The minimum Gasteiger partial charge on any atom is -0.463 e. The van der Waals surface area contributed by atoms with Crippen LogP contribution in [0.15, 0.2) is 42.1 Å². The van der Waals surface area contributed by atoms with Crippen LogP contribution in [0.1, 0.15) is 32.4 Å². The maximum absolute atomic E-state index is 11.2. The molecule has 0 saturated heterocycles. The molecular weight excluding hydrogens is 214 g/mol. The van der Waals surface area contributed by atoms with Crippen molar-refractivity contribution in [3.8, 4) is 0 Å². The highest BCUT2D eigenvalue weighted by atomic mass is 16.5. The van der Waals surface area contributed by atoms with Gasteiger partial charge in [0.05, 0.1) is 6.61 Å². The molecule has 17 heavy (non-hydrogen) atoms. The van der Waals surface area contributed by atoms with Crippen LogP contribution in [0.3, 0.4) is 0 Å². The van der Waals surface area contributed by atoms with Crippen molar-refractivity contribution in [1.29, 1.82) is 0 Å². The van der Waals surface area contributed by atoms with Crippen molar-refractivity contribution in [2.45, 2.75) is 26.8 Å². The fourth-order valence-electron chi connectivity index (χ4n) is 1.57. The minimum atomic E-state index is -0.308. The molecule has 0 saturated carbocycles. The molecule has 1 unspecified atom stereocenters. The molecule has 1 N–H and O–H groups in total. The average molecular weight is 233 g/mol. The highest BCUT2D eigenvalue weighted by Crippen LogP contribution is 2.12. The Morgan fingerprint density at radius 3 is 2.65 bits per heavy atom. The van der Waals surface area contributed by atoms with Gasteiger partial charge in [-0.15, -0.1) is 0 Å². The Balaban J connectivity index is 2.57. The Bertz CT molecular complexity index is 384. The van der Waals surface area contributed by atoms with Crippen LogP contribution in [-0.4, -0.2) is 12.6 Å². The zero-order chi connectivity index (χ0) is 12.7. The third-order valence-electron chi connectivity index (χ3n) is 2.36. The average Bonchev–Trinajstić information content (AvgIpc) is 2.30. The Labute approximate surface area is 102 Å². The van der Waals surface area contributed by atoms with Crippen LogP contribution in [-0.2, 0) is 9.53 Å². The quantitative estimate of drug-likeness (QED) is 0.627. The standard InChI is InChI=1S/C14H19NO2/c1-4-17-14(16)10-11(2)15-12(3)13-8-6-5-7-9-13/h5-10,12,15H,4H2,1-3H3/b11-10+. The first-order chi connectivity index (χ1) is 8.13. The van der Waals surface area contributed by atoms with Crippen molar-refractivity contribution >= 4 is 5.97 Å². The Hall–Kier alpha value is -1.77. The van der Waals surface area contributed by atoms with Crippen LogP contribution in [0.5, 0.6) is 0 Å². The van der Waals surface area contributed by atoms with Gasteiger partial charge < -0.3 is 10.1 Å². The maximum Gasteiger partial charge on any atom is 0.332 e. The number of carbonyl (C=O) groups is 1. The van der Waals surface area contributed by atoms with Crippen molar-refractivity contribution in [3.63, 3.8) is 0 Å². The topological polar surface area (TPSA) is 38.3 Å². The van der Waals surface area contributed by atoms with E-state index in [4.69, 9.17) is 4.74 Å². The largest absolute Gasteiger partial charge is 0.463 e. The van der Waals surface area contributed by atoms with Crippen molar-refractivity contribution < 1.29 is 9.53 Å². The fraction of sp³-hybridized carbons (Fsp3) is 0.357. The first kappa shape index (κ1) is 13.3. The second-order valence-electron chi connectivity index (χ2n) is 3.86. The van der Waals surface area contributed by atoms with Crippen LogP contribution in [0.2, 0.25) is 0 Å². The zero-order valence-corrected chi connectivity index (χ0v) is 10.6. The van der Waals surface area contributed by atoms with Crippen molar-refractivity contribution in [3.05, 3.63) is 47.7 Å². The van der Waals surface area contributed by atoms with E-state index in [-0.39, 0.29) is 12.0 Å². The number of benzene rings is 1. The Morgan fingerprint density at radius 2 is 2.06 bits per heavy atom. The molecule has 0 heterocycles. The number of hydrogen-bond acceptors (Lipinski definition) is 3. The third-order valence-corrected chi connectivity index (χ3v) is 2.36. The summed E-state index contributed by atoms with van der Waals surface area (Å²) in [6.45, 7) is 6.10. The summed E-state index contributed by atoms with van der Waals surface area (Å²) in [5.41, 5.74) is 1.99. The molecule has 3 heteroatoms. The summed E-state index contributed by atoms with van der Waals surface area (Å²) >= 11 is 0. The summed E-state index contributed by atoms with van der Waals surface area (Å²) in [6, 6.07) is 10.2. The van der Waals surface area contributed by atoms with E-state index in [1.54, 1.807) is 6.92 Å². The first-order valence-corrected chi connectivity index (χ1v) is 5.80. The highest BCUT2D eigenvalue weighted by Gasteiger charge is 2.05. The Morgan fingerprint density at radius 1 is 1.41 bits per heavy atom. The molecule has 0 radical (unpaired) electrons. The van der Waals surface area contributed by atoms with E-state index in [1.165, 1.54) is 11.6 Å². The normalized spacial score (nSPS) is 13.0. The summed E-state index contributed by atoms with van der Waals surface area (Å²) in [4.78, 5) is 11.2. The monoisotopic (exact) mass is 233 g/mol. The second kappa shape index (κ2) is 6.74. The van der Waals surface area contributed by atoms with E-state index in [9.17, 15) is 4.79 Å². The fourth-order valence-corrected chi connectivity index (χ4v) is 1.57. The van der Waals surface area contributed by atoms with Gasteiger partial charge in [-0.3, -0.25) is 0 Å². The summed E-state index contributed by atoms with van der Waals surface area (Å²) in [5.74, 6) is -0.308. The predicted octanol–water partition coefficient (Wildman–Crippen LogP) is 2.80. The molecule has 1 aromatic rings. The van der Waals surface area contributed by atoms with Gasteiger partial charge in [-0.05, 0) is 26.3 Å². The lowest BCUT2D eigenvalue weighted by Gasteiger charge is -2.15. The molecule has 0 bridgehead atoms. The van der Waals surface area contributed by atoms with E-state index >= 15 is 0 Å². The molecule has 0 aliphatic rings. The van der Waals surface area contributed by atoms with E-state index in [0.29, 0.717) is 6.61 Å². The smallest absolute Gasteiger partial charge is 0.332 e. The van der Waals surface area contributed by atoms with Crippen LogP contribution >= 0.6 is 0 Å². The van der Waals surface area contributed by atoms with Crippen LogP contribution < -0.4 is 5.32 Å². The molecule has 1 atom stereocenters. The summed E-state index contributed by atoms with van der Waals surface area (Å²) < 4.78 is 4.84. The number of hydrogen-bond donors (Lipinski definition) is 1. The van der Waals surface area contributed by atoms with E-state index in [1.807, 2.05) is 25.1 Å². The molecular formula is C14H19NO2. The van der Waals surface area contributed by atoms with E-state index in [2.05, 4.69) is 24.4 Å². The van der Waals surface area contributed by atoms with Gasteiger partial charge in [0.2, 0.25) is 0 Å². The van der Waals surface area contributed by atoms with Crippen LogP contribution in [0.4, 0.5) is 0 Å². The van der Waals surface area contributed by atoms with Crippen molar-refractivity contribution in [2.75, 3.05) is 6.61 Å². The van der Waals surface area contributed by atoms with Gasteiger partial charge in [0.1, 0.15) is 0 Å². The number of nitrogens with one attached hydrogen (secondary N) is 1. The van der Waals surface area contributed by atoms with Crippen molar-refractivity contribution in [2.24, 2.45) is 0 Å². The predicted molar refractivity (Wildman–Crippen MR) is 68.4 cm³/mol. The number of ether oxygens (including phenoxy) is 1. The highest BCUT2D eigenvalue weighted by molar-refractivity contribution is 5.82. The molecule has 0 aromatic heterocycles. The molecule has 1 rings (SSSR count). The lowest BCUT2D eigenvalue weighted by atomic mass is 10.1. The summed E-state index contributed by atoms with van der Waals surface area (Å²) in [6.07, 6.45) is 1.48. The molecule has 0 aliphatic carbocycles. The molecule has 0 fully saturated rings. The maximum atomic E-state index is 11.2. The molecule has 92 valence electrons. The molecule has 3 nitrogen and oxygen atoms in total. The SMILES string of the molecule is CCOC(=O)/C=C(\C)NC(C)c1ccccc1. The third kappa shape index (κ3) is 4.72.